The molecule has 0 aliphatic heterocycles. The minimum atomic E-state index is -4.77. The third kappa shape index (κ3) is 3.69. The highest BCUT2D eigenvalue weighted by Gasteiger charge is 2.34. The van der Waals surface area contributed by atoms with Crippen LogP contribution in [0.2, 0.25) is 0 Å². The Bertz CT molecular complexity index is 680. The molecule has 0 unspecified atom stereocenters. The molecule has 2 rings (SSSR count). The van der Waals surface area contributed by atoms with Crippen molar-refractivity contribution in [1.29, 1.82) is 0 Å². The summed E-state index contributed by atoms with van der Waals surface area (Å²) in [4.78, 5) is 12.0. The molecule has 1 nitrogen and oxygen atoms in total. The molecule has 0 atom stereocenters. The van der Waals surface area contributed by atoms with E-state index in [2.05, 4.69) is 15.9 Å². The van der Waals surface area contributed by atoms with Gasteiger partial charge in [0.05, 0.1) is 5.56 Å². The fourth-order valence-corrected chi connectivity index (χ4v) is 2.26. The van der Waals surface area contributed by atoms with Crippen LogP contribution in [0.3, 0.4) is 0 Å². The van der Waals surface area contributed by atoms with Gasteiger partial charge in [0.1, 0.15) is 5.82 Å². The van der Waals surface area contributed by atoms with Gasteiger partial charge in [0, 0.05) is 16.5 Å². The van der Waals surface area contributed by atoms with Crippen LogP contribution in [0, 0.1) is 5.82 Å². The summed E-state index contributed by atoms with van der Waals surface area (Å²) in [5.41, 5.74) is -0.779. The number of Topliss-reactive ketones (excluding diaryl/α,β-unsaturated/α-hetero) is 1. The third-order valence-electron chi connectivity index (χ3n) is 2.91. The van der Waals surface area contributed by atoms with Gasteiger partial charge in [0.15, 0.2) is 5.78 Å². The van der Waals surface area contributed by atoms with E-state index >= 15 is 0 Å². The molecule has 21 heavy (non-hydrogen) atoms. The predicted molar refractivity (Wildman–Crippen MR) is 73.6 cm³/mol. The number of benzene rings is 2. The first-order valence-corrected chi connectivity index (χ1v) is 6.71. The van der Waals surface area contributed by atoms with Gasteiger partial charge in [-0.25, -0.2) is 4.39 Å². The lowest BCUT2D eigenvalue weighted by Crippen LogP contribution is -2.10. The van der Waals surface area contributed by atoms with Crippen molar-refractivity contribution in [3.8, 4) is 0 Å². The zero-order valence-corrected chi connectivity index (χ0v) is 12.1. The summed E-state index contributed by atoms with van der Waals surface area (Å²) in [5, 5.41) is 0. The Morgan fingerprint density at radius 1 is 1.10 bits per heavy atom. The van der Waals surface area contributed by atoms with Crippen LogP contribution in [0.15, 0.2) is 46.9 Å². The number of ketones is 1. The number of alkyl halides is 3. The van der Waals surface area contributed by atoms with Crippen molar-refractivity contribution >= 4 is 21.7 Å². The van der Waals surface area contributed by atoms with E-state index in [0.717, 1.165) is 6.07 Å². The van der Waals surface area contributed by atoms with Crippen LogP contribution in [0.4, 0.5) is 17.6 Å². The minimum Gasteiger partial charge on any atom is -0.294 e. The van der Waals surface area contributed by atoms with E-state index in [1.54, 1.807) is 24.3 Å². The zero-order valence-electron chi connectivity index (χ0n) is 10.5. The van der Waals surface area contributed by atoms with E-state index in [-0.39, 0.29) is 12.0 Å². The van der Waals surface area contributed by atoms with E-state index in [1.807, 2.05) is 0 Å². The standard InChI is InChI=1S/C15H9BrF4O/c16-12-4-2-1-3-9(12)8-14(21)10-5-6-11(13(17)7-10)15(18,19)20/h1-7H,8H2. The van der Waals surface area contributed by atoms with Gasteiger partial charge in [0.2, 0.25) is 0 Å². The average Bonchev–Trinajstić information content (AvgIpc) is 2.39. The van der Waals surface area contributed by atoms with Gasteiger partial charge in [-0.2, -0.15) is 13.2 Å². The smallest absolute Gasteiger partial charge is 0.294 e. The molecule has 0 bridgehead atoms. The highest BCUT2D eigenvalue weighted by atomic mass is 79.9. The Morgan fingerprint density at radius 3 is 2.33 bits per heavy atom. The molecule has 0 saturated heterocycles. The van der Waals surface area contributed by atoms with Crippen LogP contribution in [0.25, 0.3) is 0 Å². The maximum absolute atomic E-state index is 13.4. The van der Waals surface area contributed by atoms with E-state index in [4.69, 9.17) is 0 Å². The van der Waals surface area contributed by atoms with Gasteiger partial charge in [-0.3, -0.25) is 4.79 Å². The first-order valence-electron chi connectivity index (χ1n) is 5.92. The van der Waals surface area contributed by atoms with Crippen molar-refractivity contribution in [2.75, 3.05) is 0 Å². The van der Waals surface area contributed by atoms with Gasteiger partial charge in [0.25, 0.3) is 0 Å². The van der Waals surface area contributed by atoms with Crippen LogP contribution in [0.5, 0.6) is 0 Å². The largest absolute Gasteiger partial charge is 0.419 e. The summed E-state index contributed by atoms with van der Waals surface area (Å²) in [6, 6.07) is 9.17. The summed E-state index contributed by atoms with van der Waals surface area (Å²) >= 11 is 3.27. The Kier molecular flexibility index (Phi) is 4.46. The molecule has 2 aromatic carbocycles. The number of halogens is 5. The molecule has 2 aromatic rings. The normalized spacial score (nSPS) is 11.5. The third-order valence-corrected chi connectivity index (χ3v) is 3.68. The number of rotatable bonds is 3. The molecule has 0 N–H and O–H groups in total. The summed E-state index contributed by atoms with van der Waals surface area (Å²) in [6.07, 6.45) is -4.79. The summed E-state index contributed by atoms with van der Waals surface area (Å²) in [6.45, 7) is 0. The number of carbonyl (C=O) groups is 1. The van der Waals surface area contributed by atoms with E-state index < -0.39 is 23.3 Å². The van der Waals surface area contributed by atoms with Crippen molar-refractivity contribution in [3.63, 3.8) is 0 Å². The summed E-state index contributed by atoms with van der Waals surface area (Å²) in [5.74, 6) is -1.89. The number of carbonyl (C=O) groups excluding carboxylic acids is 1. The predicted octanol–water partition coefficient (Wildman–Crippen LogP) is 5.03. The van der Waals surface area contributed by atoms with Gasteiger partial charge in [-0.1, -0.05) is 40.2 Å². The van der Waals surface area contributed by atoms with Crippen molar-refractivity contribution in [1.82, 2.24) is 0 Å². The van der Waals surface area contributed by atoms with Gasteiger partial charge < -0.3 is 0 Å². The van der Waals surface area contributed by atoms with Crippen LogP contribution in [0.1, 0.15) is 21.5 Å². The molecule has 0 aliphatic rings. The highest BCUT2D eigenvalue weighted by Crippen LogP contribution is 2.31. The molecule has 0 spiro atoms. The van der Waals surface area contributed by atoms with Crippen molar-refractivity contribution in [2.24, 2.45) is 0 Å². The van der Waals surface area contributed by atoms with Crippen molar-refractivity contribution < 1.29 is 22.4 Å². The number of hydrogen-bond acceptors (Lipinski definition) is 1. The first kappa shape index (κ1) is 15.7. The maximum atomic E-state index is 13.4. The Hall–Kier alpha value is -1.69. The van der Waals surface area contributed by atoms with Crippen molar-refractivity contribution in [3.05, 3.63) is 69.4 Å². The summed E-state index contributed by atoms with van der Waals surface area (Å²) in [7, 11) is 0. The zero-order chi connectivity index (χ0) is 15.6. The maximum Gasteiger partial charge on any atom is 0.419 e. The molecule has 0 amide bonds. The highest BCUT2D eigenvalue weighted by molar-refractivity contribution is 9.10. The number of hydrogen-bond donors (Lipinski definition) is 0. The second-order valence-corrected chi connectivity index (χ2v) is 5.24. The quantitative estimate of drug-likeness (QED) is 0.554. The Labute approximate surface area is 126 Å². The molecule has 0 heterocycles. The van der Waals surface area contributed by atoms with Gasteiger partial charge >= 0.3 is 6.18 Å². The van der Waals surface area contributed by atoms with E-state index in [1.165, 1.54) is 0 Å². The van der Waals surface area contributed by atoms with Crippen LogP contribution in [-0.2, 0) is 12.6 Å². The van der Waals surface area contributed by atoms with Crippen molar-refractivity contribution in [2.45, 2.75) is 12.6 Å². The average molecular weight is 361 g/mol. The van der Waals surface area contributed by atoms with E-state index in [9.17, 15) is 22.4 Å². The van der Waals surface area contributed by atoms with Crippen LogP contribution < -0.4 is 0 Å². The van der Waals surface area contributed by atoms with Crippen LogP contribution in [-0.4, -0.2) is 5.78 Å². The van der Waals surface area contributed by atoms with Crippen LogP contribution >= 0.6 is 15.9 Å². The fraction of sp³-hybridized carbons (Fsp3) is 0.133. The molecular weight excluding hydrogens is 352 g/mol. The topological polar surface area (TPSA) is 17.1 Å². The Balaban J connectivity index is 2.25. The molecule has 0 aromatic heterocycles. The second kappa shape index (κ2) is 5.97. The van der Waals surface area contributed by atoms with Gasteiger partial charge in [-0.15, -0.1) is 0 Å². The molecule has 110 valence electrons. The Morgan fingerprint density at radius 2 is 1.76 bits per heavy atom. The first-order chi connectivity index (χ1) is 9.79. The SMILES string of the molecule is O=C(Cc1ccccc1Br)c1ccc(C(F)(F)F)c(F)c1. The lowest BCUT2D eigenvalue weighted by atomic mass is 10.0. The monoisotopic (exact) mass is 360 g/mol. The van der Waals surface area contributed by atoms with Gasteiger partial charge in [-0.05, 0) is 23.8 Å². The lowest BCUT2D eigenvalue weighted by molar-refractivity contribution is -0.140. The minimum absolute atomic E-state index is 0.0216. The second-order valence-electron chi connectivity index (χ2n) is 4.38. The molecule has 0 aliphatic carbocycles. The summed E-state index contributed by atoms with van der Waals surface area (Å²) < 4.78 is 51.5. The van der Waals surface area contributed by atoms with E-state index in [0.29, 0.717) is 22.2 Å². The molecule has 0 radical (unpaired) electrons. The fourth-order valence-electron chi connectivity index (χ4n) is 1.84. The molecule has 0 fully saturated rings. The lowest BCUT2D eigenvalue weighted by Gasteiger charge is -2.09. The molecular formula is C15H9BrF4O. The molecule has 0 saturated carbocycles. The molecule has 6 heteroatoms.